The highest BCUT2D eigenvalue weighted by Crippen LogP contribution is 2.26. The first-order valence-electron chi connectivity index (χ1n) is 5.95. The highest BCUT2D eigenvalue weighted by molar-refractivity contribution is 8.00. The third kappa shape index (κ3) is 3.37. The predicted molar refractivity (Wildman–Crippen MR) is 72.6 cm³/mol. The van der Waals surface area contributed by atoms with Gasteiger partial charge in [-0.1, -0.05) is 0 Å². The second-order valence-corrected chi connectivity index (χ2v) is 5.71. The maximum atomic E-state index is 11.9. The van der Waals surface area contributed by atoms with E-state index < -0.39 is 10.8 Å². The number of amides is 1. The van der Waals surface area contributed by atoms with E-state index in [2.05, 4.69) is 5.32 Å². The molecule has 1 aliphatic rings. The largest absolute Gasteiger partial charge is 0.508 e. The number of phenols is 1. The van der Waals surface area contributed by atoms with Crippen molar-refractivity contribution in [3.8, 4) is 5.75 Å². The van der Waals surface area contributed by atoms with E-state index in [0.717, 1.165) is 30.7 Å². The van der Waals surface area contributed by atoms with Crippen LogP contribution in [-0.4, -0.2) is 33.5 Å². The first-order valence-corrected chi connectivity index (χ1v) is 7.00. The van der Waals surface area contributed by atoms with Crippen molar-refractivity contribution in [1.82, 2.24) is 5.32 Å². The van der Waals surface area contributed by atoms with Crippen LogP contribution in [0.15, 0.2) is 18.2 Å². The van der Waals surface area contributed by atoms with Crippen molar-refractivity contribution in [3.63, 3.8) is 0 Å². The van der Waals surface area contributed by atoms with E-state index in [9.17, 15) is 20.0 Å². The van der Waals surface area contributed by atoms with Gasteiger partial charge in [0, 0.05) is 17.9 Å². The minimum atomic E-state index is -0.626. The Morgan fingerprint density at radius 1 is 1.58 bits per heavy atom. The predicted octanol–water partition coefficient (Wildman–Crippen LogP) is 1.93. The van der Waals surface area contributed by atoms with Crippen molar-refractivity contribution in [2.75, 3.05) is 12.3 Å². The van der Waals surface area contributed by atoms with Crippen molar-refractivity contribution < 1.29 is 14.8 Å². The van der Waals surface area contributed by atoms with Gasteiger partial charge in [0.15, 0.2) is 0 Å². The van der Waals surface area contributed by atoms with E-state index in [0.29, 0.717) is 11.8 Å². The van der Waals surface area contributed by atoms with Gasteiger partial charge >= 0.3 is 0 Å². The topological polar surface area (TPSA) is 92.5 Å². The molecule has 6 nitrogen and oxygen atoms in total. The second kappa shape index (κ2) is 5.92. The number of nitro groups is 1. The monoisotopic (exact) mass is 282 g/mol. The molecule has 1 fully saturated rings. The lowest BCUT2D eigenvalue weighted by Gasteiger charge is -2.10. The van der Waals surface area contributed by atoms with Gasteiger partial charge in [-0.05, 0) is 30.7 Å². The van der Waals surface area contributed by atoms with Crippen LogP contribution < -0.4 is 5.32 Å². The first kappa shape index (κ1) is 13.7. The fraction of sp³-hybridized carbons (Fsp3) is 0.417. The van der Waals surface area contributed by atoms with E-state index in [4.69, 9.17) is 0 Å². The minimum absolute atomic E-state index is 0.104. The molecule has 1 aromatic rings. The number of phenolic OH excluding ortho intramolecular Hbond substituents is 1. The van der Waals surface area contributed by atoms with Gasteiger partial charge in [0.1, 0.15) is 11.3 Å². The number of carbonyl (C=O) groups excluding carboxylic acids is 1. The number of thioether (sulfide) groups is 1. The van der Waals surface area contributed by atoms with Crippen LogP contribution in [0.3, 0.4) is 0 Å². The molecule has 0 bridgehead atoms. The molecule has 19 heavy (non-hydrogen) atoms. The normalized spacial score (nSPS) is 18.2. The van der Waals surface area contributed by atoms with Crippen molar-refractivity contribution in [2.45, 2.75) is 18.1 Å². The number of hydrogen-bond donors (Lipinski definition) is 2. The molecule has 102 valence electrons. The third-order valence-corrected chi connectivity index (χ3v) is 4.33. The quantitative estimate of drug-likeness (QED) is 0.650. The molecule has 1 aromatic carbocycles. The van der Waals surface area contributed by atoms with Crippen LogP contribution >= 0.6 is 11.8 Å². The zero-order valence-electron chi connectivity index (χ0n) is 10.2. The van der Waals surface area contributed by atoms with E-state index in [1.165, 1.54) is 6.07 Å². The van der Waals surface area contributed by atoms with Crippen molar-refractivity contribution >= 4 is 23.4 Å². The molecule has 0 aromatic heterocycles. The van der Waals surface area contributed by atoms with Gasteiger partial charge in [0.2, 0.25) is 0 Å². The fourth-order valence-corrected chi connectivity index (χ4v) is 3.17. The van der Waals surface area contributed by atoms with Gasteiger partial charge in [-0.2, -0.15) is 11.8 Å². The number of nitrogens with one attached hydrogen (secondary N) is 1. The molecule has 1 unspecified atom stereocenters. The van der Waals surface area contributed by atoms with Crippen molar-refractivity contribution in [3.05, 3.63) is 33.9 Å². The molecule has 2 N–H and O–H groups in total. The maximum absolute atomic E-state index is 11.9. The Kier molecular flexibility index (Phi) is 4.26. The third-order valence-electron chi connectivity index (χ3n) is 2.94. The summed E-state index contributed by atoms with van der Waals surface area (Å²) >= 11 is 1.80. The Morgan fingerprint density at radius 2 is 2.37 bits per heavy atom. The van der Waals surface area contributed by atoms with Gasteiger partial charge in [-0.25, -0.2) is 0 Å². The summed E-state index contributed by atoms with van der Waals surface area (Å²) in [6, 6.07) is 3.45. The summed E-state index contributed by atoms with van der Waals surface area (Å²) in [4.78, 5) is 22.2. The molecular formula is C12H14N2O4S. The molecule has 2 rings (SSSR count). The summed E-state index contributed by atoms with van der Waals surface area (Å²) in [6.07, 6.45) is 2.19. The standard InChI is InChI=1S/C12H14N2O4S/c15-8-3-4-11(14(17)18)10(6-8)12(16)13-7-9-2-1-5-19-9/h3-4,6,9,15H,1-2,5,7H2,(H,13,16). The molecule has 1 aliphatic heterocycles. The van der Waals surface area contributed by atoms with E-state index in [-0.39, 0.29) is 17.0 Å². The molecule has 7 heteroatoms. The second-order valence-electron chi connectivity index (χ2n) is 4.30. The number of benzene rings is 1. The van der Waals surface area contributed by atoms with Gasteiger partial charge < -0.3 is 10.4 Å². The van der Waals surface area contributed by atoms with Gasteiger partial charge in [-0.15, -0.1) is 0 Å². The summed E-state index contributed by atoms with van der Waals surface area (Å²) in [5.74, 6) is 0.411. The first-order chi connectivity index (χ1) is 9.08. The number of nitro benzene ring substituents is 1. The summed E-state index contributed by atoms with van der Waals surface area (Å²) in [5, 5.41) is 23.2. The van der Waals surface area contributed by atoms with Crippen LogP contribution in [0.4, 0.5) is 5.69 Å². The lowest BCUT2D eigenvalue weighted by molar-refractivity contribution is -0.385. The average molecular weight is 282 g/mol. The van der Waals surface area contributed by atoms with E-state index >= 15 is 0 Å². The highest BCUT2D eigenvalue weighted by Gasteiger charge is 2.22. The molecule has 1 amide bonds. The fourth-order valence-electron chi connectivity index (χ4n) is 1.97. The zero-order chi connectivity index (χ0) is 13.8. The molecular weight excluding hydrogens is 268 g/mol. The Balaban J connectivity index is 2.08. The summed E-state index contributed by atoms with van der Waals surface area (Å²) in [7, 11) is 0. The average Bonchev–Trinajstić information content (AvgIpc) is 2.88. The molecule has 1 saturated heterocycles. The van der Waals surface area contributed by atoms with Crippen LogP contribution in [0, 0.1) is 10.1 Å². The van der Waals surface area contributed by atoms with Crippen molar-refractivity contribution in [2.24, 2.45) is 0 Å². The van der Waals surface area contributed by atoms with Crippen molar-refractivity contribution in [1.29, 1.82) is 0 Å². The molecule has 1 heterocycles. The van der Waals surface area contributed by atoms with Crippen LogP contribution in [0.2, 0.25) is 0 Å². The summed E-state index contributed by atoms with van der Waals surface area (Å²) < 4.78 is 0. The zero-order valence-corrected chi connectivity index (χ0v) is 11.0. The Hall–Kier alpha value is -1.76. The van der Waals surface area contributed by atoms with Crippen LogP contribution in [0.1, 0.15) is 23.2 Å². The van der Waals surface area contributed by atoms with Crippen LogP contribution in [0.5, 0.6) is 5.75 Å². The van der Waals surface area contributed by atoms with E-state index in [1.807, 2.05) is 0 Å². The van der Waals surface area contributed by atoms with Gasteiger partial charge in [0.05, 0.1) is 4.92 Å². The minimum Gasteiger partial charge on any atom is -0.508 e. The molecule has 0 spiro atoms. The lowest BCUT2D eigenvalue weighted by Crippen LogP contribution is -2.30. The molecule has 0 saturated carbocycles. The SMILES string of the molecule is O=C(NCC1CCCS1)c1cc(O)ccc1[N+](=O)[O-]. The highest BCUT2D eigenvalue weighted by atomic mass is 32.2. The molecule has 0 aliphatic carbocycles. The number of hydrogen-bond acceptors (Lipinski definition) is 5. The smallest absolute Gasteiger partial charge is 0.282 e. The summed E-state index contributed by atoms with van der Waals surface area (Å²) in [6.45, 7) is 0.496. The Morgan fingerprint density at radius 3 is 3.00 bits per heavy atom. The summed E-state index contributed by atoms with van der Waals surface area (Å²) in [5.41, 5.74) is -0.401. The maximum Gasteiger partial charge on any atom is 0.282 e. The van der Waals surface area contributed by atoms with Gasteiger partial charge in [-0.3, -0.25) is 14.9 Å². The number of rotatable bonds is 4. The molecule has 0 radical (unpaired) electrons. The molecule has 1 atom stereocenters. The number of nitrogens with zero attached hydrogens (tertiary/aromatic N) is 1. The van der Waals surface area contributed by atoms with Crippen LogP contribution in [0.25, 0.3) is 0 Å². The lowest BCUT2D eigenvalue weighted by atomic mass is 10.1. The van der Waals surface area contributed by atoms with E-state index in [1.54, 1.807) is 11.8 Å². The Labute approximate surface area is 114 Å². The van der Waals surface area contributed by atoms with Gasteiger partial charge in [0.25, 0.3) is 11.6 Å². The number of carbonyl (C=O) groups is 1. The van der Waals surface area contributed by atoms with Crippen LogP contribution in [-0.2, 0) is 0 Å². The Bertz CT molecular complexity index is 501. The number of aromatic hydroxyl groups is 1.